The molecule has 0 radical (unpaired) electrons. The van der Waals surface area contributed by atoms with Crippen molar-refractivity contribution >= 4 is 6.09 Å². The van der Waals surface area contributed by atoms with E-state index in [1.165, 1.54) is 32.1 Å². The predicted octanol–water partition coefficient (Wildman–Crippen LogP) is 4.19. The van der Waals surface area contributed by atoms with E-state index in [-0.39, 0.29) is 12.1 Å². The van der Waals surface area contributed by atoms with Gasteiger partial charge in [0.05, 0.1) is 0 Å². The summed E-state index contributed by atoms with van der Waals surface area (Å²) in [6, 6.07) is 0.689. The van der Waals surface area contributed by atoms with Crippen LogP contribution in [0.5, 0.6) is 0 Å². The summed E-state index contributed by atoms with van der Waals surface area (Å²) in [6.07, 6.45) is 6.60. The second-order valence-corrected chi connectivity index (χ2v) is 7.91. The van der Waals surface area contributed by atoms with Crippen LogP contribution in [0.2, 0.25) is 0 Å². The van der Waals surface area contributed by atoms with E-state index < -0.39 is 5.60 Å². The van der Waals surface area contributed by atoms with Crippen molar-refractivity contribution in [3.05, 3.63) is 0 Å². The molecule has 0 aromatic rings. The molecule has 0 spiro atoms. The molecule has 0 bridgehead atoms. The summed E-state index contributed by atoms with van der Waals surface area (Å²) < 4.78 is 5.49. The Morgan fingerprint density at radius 3 is 2.27 bits per heavy atom. The molecular formula is C18H36N2O2. The Labute approximate surface area is 137 Å². The molecule has 4 heteroatoms. The molecule has 0 saturated heterocycles. The van der Waals surface area contributed by atoms with E-state index in [9.17, 15) is 4.79 Å². The highest BCUT2D eigenvalue weighted by Gasteiger charge is 2.24. The number of rotatable bonds is 6. The molecule has 1 atom stereocenters. The molecule has 1 fully saturated rings. The molecule has 1 aliphatic carbocycles. The van der Waals surface area contributed by atoms with E-state index >= 15 is 0 Å². The lowest BCUT2D eigenvalue weighted by molar-refractivity contribution is 0.0191. The van der Waals surface area contributed by atoms with Gasteiger partial charge >= 0.3 is 6.09 Å². The molecule has 0 heterocycles. The number of amides is 1. The molecular weight excluding hydrogens is 276 g/mol. The minimum Gasteiger partial charge on any atom is -0.444 e. The standard InChI is InChI=1S/C18H36N2O2/c1-14(2)20(17(21)22-18(4,5)6)13-12-19-15(3)16-10-8-7-9-11-16/h14-16,19H,7-13H2,1-6H3. The van der Waals surface area contributed by atoms with Gasteiger partial charge in [-0.2, -0.15) is 0 Å². The number of nitrogens with zero attached hydrogens (tertiary/aromatic N) is 1. The number of ether oxygens (including phenoxy) is 1. The first-order chi connectivity index (χ1) is 10.2. The fraction of sp³-hybridized carbons (Fsp3) is 0.944. The van der Waals surface area contributed by atoms with Crippen LogP contribution < -0.4 is 5.32 Å². The van der Waals surface area contributed by atoms with Gasteiger partial charge in [0.25, 0.3) is 0 Å². The van der Waals surface area contributed by atoms with Crippen LogP contribution in [0.4, 0.5) is 4.79 Å². The largest absolute Gasteiger partial charge is 0.444 e. The van der Waals surface area contributed by atoms with Gasteiger partial charge in [-0.15, -0.1) is 0 Å². The van der Waals surface area contributed by atoms with E-state index in [1.807, 2.05) is 39.5 Å². The number of carbonyl (C=O) groups is 1. The highest BCUT2D eigenvalue weighted by atomic mass is 16.6. The van der Waals surface area contributed by atoms with Crippen LogP contribution in [0.3, 0.4) is 0 Å². The van der Waals surface area contributed by atoms with Gasteiger partial charge in [0.1, 0.15) is 5.60 Å². The van der Waals surface area contributed by atoms with Crippen LogP contribution in [-0.2, 0) is 4.74 Å². The van der Waals surface area contributed by atoms with Crippen molar-refractivity contribution in [2.45, 2.75) is 91.3 Å². The lowest BCUT2D eigenvalue weighted by Crippen LogP contribution is -2.46. The minimum absolute atomic E-state index is 0.154. The molecule has 1 N–H and O–H groups in total. The van der Waals surface area contributed by atoms with Crippen LogP contribution in [0, 0.1) is 5.92 Å². The van der Waals surface area contributed by atoms with E-state index in [4.69, 9.17) is 4.74 Å². The average molecular weight is 312 g/mol. The van der Waals surface area contributed by atoms with Crippen molar-refractivity contribution in [1.29, 1.82) is 0 Å². The second-order valence-electron chi connectivity index (χ2n) is 7.91. The zero-order chi connectivity index (χ0) is 16.8. The highest BCUT2D eigenvalue weighted by molar-refractivity contribution is 5.68. The Morgan fingerprint density at radius 1 is 1.18 bits per heavy atom. The molecule has 1 saturated carbocycles. The van der Waals surface area contributed by atoms with Gasteiger partial charge in [-0.25, -0.2) is 4.79 Å². The summed E-state index contributed by atoms with van der Waals surface area (Å²) in [7, 11) is 0. The average Bonchev–Trinajstić information content (AvgIpc) is 2.41. The zero-order valence-electron chi connectivity index (χ0n) is 15.4. The third-order valence-electron chi connectivity index (χ3n) is 4.43. The molecule has 0 aromatic carbocycles. The fourth-order valence-corrected chi connectivity index (χ4v) is 3.09. The molecule has 1 rings (SSSR count). The van der Waals surface area contributed by atoms with Crippen molar-refractivity contribution in [3.63, 3.8) is 0 Å². The van der Waals surface area contributed by atoms with Crippen molar-refractivity contribution < 1.29 is 9.53 Å². The Kier molecular flexibility index (Phi) is 7.67. The van der Waals surface area contributed by atoms with Crippen molar-refractivity contribution in [3.8, 4) is 0 Å². The summed E-state index contributed by atoms with van der Waals surface area (Å²) >= 11 is 0. The molecule has 1 amide bonds. The van der Waals surface area contributed by atoms with Crippen LogP contribution in [0.15, 0.2) is 0 Å². The number of nitrogens with one attached hydrogen (secondary N) is 1. The Bertz CT molecular complexity index is 330. The van der Waals surface area contributed by atoms with Gasteiger partial charge in [-0.05, 0) is 60.3 Å². The Morgan fingerprint density at radius 2 is 1.77 bits per heavy atom. The van der Waals surface area contributed by atoms with Crippen LogP contribution in [0.1, 0.15) is 73.6 Å². The number of hydrogen-bond acceptors (Lipinski definition) is 3. The highest BCUT2D eigenvalue weighted by Crippen LogP contribution is 2.26. The zero-order valence-corrected chi connectivity index (χ0v) is 15.4. The monoisotopic (exact) mass is 312 g/mol. The van der Waals surface area contributed by atoms with E-state index in [0.717, 1.165) is 12.5 Å². The normalized spacial score (nSPS) is 18.3. The summed E-state index contributed by atoms with van der Waals surface area (Å²) in [5, 5.41) is 3.61. The SMILES string of the molecule is CC(NCCN(C(=O)OC(C)(C)C)C(C)C)C1CCCCC1. The fourth-order valence-electron chi connectivity index (χ4n) is 3.09. The van der Waals surface area contributed by atoms with Crippen molar-refractivity contribution in [2.75, 3.05) is 13.1 Å². The third-order valence-corrected chi connectivity index (χ3v) is 4.43. The first-order valence-electron chi connectivity index (χ1n) is 8.93. The van der Waals surface area contributed by atoms with E-state index in [2.05, 4.69) is 12.2 Å². The minimum atomic E-state index is -0.437. The maximum Gasteiger partial charge on any atom is 0.410 e. The Balaban J connectivity index is 2.39. The number of hydrogen-bond donors (Lipinski definition) is 1. The van der Waals surface area contributed by atoms with Crippen LogP contribution in [-0.4, -0.2) is 41.8 Å². The van der Waals surface area contributed by atoms with E-state index in [1.54, 1.807) is 0 Å². The maximum absolute atomic E-state index is 12.3. The predicted molar refractivity (Wildman–Crippen MR) is 92.1 cm³/mol. The smallest absolute Gasteiger partial charge is 0.410 e. The van der Waals surface area contributed by atoms with Crippen LogP contribution in [0.25, 0.3) is 0 Å². The quantitative estimate of drug-likeness (QED) is 0.799. The first-order valence-corrected chi connectivity index (χ1v) is 8.93. The molecule has 1 unspecified atom stereocenters. The van der Waals surface area contributed by atoms with Crippen molar-refractivity contribution in [2.24, 2.45) is 5.92 Å². The maximum atomic E-state index is 12.3. The molecule has 22 heavy (non-hydrogen) atoms. The van der Waals surface area contributed by atoms with Gasteiger partial charge < -0.3 is 15.0 Å². The second kappa shape index (κ2) is 8.76. The number of carbonyl (C=O) groups excluding carboxylic acids is 1. The Hall–Kier alpha value is -0.770. The van der Waals surface area contributed by atoms with Gasteiger partial charge in [0, 0.05) is 25.2 Å². The van der Waals surface area contributed by atoms with Gasteiger partial charge in [-0.3, -0.25) is 0 Å². The van der Waals surface area contributed by atoms with Gasteiger partial charge in [0.15, 0.2) is 0 Å². The molecule has 130 valence electrons. The first kappa shape index (κ1) is 19.3. The topological polar surface area (TPSA) is 41.6 Å². The molecule has 0 aliphatic heterocycles. The summed E-state index contributed by atoms with van der Waals surface area (Å²) in [5.41, 5.74) is -0.437. The summed E-state index contributed by atoms with van der Waals surface area (Å²) in [4.78, 5) is 14.1. The summed E-state index contributed by atoms with van der Waals surface area (Å²) in [6.45, 7) is 13.6. The lowest BCUT2D eigenvalue weighted by Gasteiger charge is -2.32. The van der Waals surface area contributed by atoms with Crippen molar-refractivity contribution in [1.82, 2.24) is 10.2 Å². The van der Waals surface area contributed by atoms with Gasteiger partial charge in [0.2, 0.25) is 0 Å². The molecule has 0 aromatic heterocycles. The third kappa shape index (κ3) is 6.99. The van der Waals surface area contributed by atoms with E-state index in [0.29, 0.717) is 12.6 Å². The van der Waals surface area contributed by atoms with Crippen LogP contribution >= 0.6 is 0 Å². The van der Waals surface area contributed by atoms with Gasteiger partial charge in [-0.1, -0.05) is 19.3 Å². The summed E-state index contributed by atoms with van der Waals surface area (Å²) in [5.74, 6) is 0.794. The lowest BCUT2D eigenvalue weighted by atomic mass is 9.84. The molecule has 1 aliphatic rings. The molecule has 4 nitrogen and oxygen atoms in total.